The minimum absolute atomic E-state index is 0.289. The van der Waals surface area contributed by atoms with Crippen molar-refractivity contribution in [3.8, 4) is 6.07 Å². The van der Waals surface area contributed by atoms with E-state index in [1.165, 1.54) is 12.1 Å². The van der Waals surface area contributed by atoms with Crippen molar-refractivity contribution in [1.29, 1.82) is 5.26 Å². The first kappa shape index (κ1) is 11.3. The van der Waals surface area contributed by atoms with E-state index in [9.17, 15) is 9.65 Å². The first-order valence-corrected chi connectivity index (χ1v) is 5.81. The Labute approximate surface area is 109 Å². The van der Waals surface area contributed by atoms with Crippen molar-refractivity contribution in [3.05, 3.63) is 59.9 Å². The number of rotatable bonds is 2. The molecule has 0 fully saturated rings. The van der Waals surface area contributed by atoms with E-state index in [1.807, 2.05) is 24.3 Å². The predicted octanol–water partition coefficient (Wildman–Crippen LogP) is 3.92. The van der Waals surface area contributed by atoms with Crippen LogP contribution in [0.5, 0.6) is 0 Å². The average Bonchev–Trinajstić information content (AvgIpc) is 2.78. The van der Waals surface area contributed by atoms with Crippen LogP contribution in [0.2, 0.25) is 0 Å². The van der Waals surface area contributed by atoms with E-state index in [0.29, 0.717) is 11.4 Å². The molecule has 92 valence electrons. The molecule has 1 aromatic heterocycles. The number of aromatic nitrogens is 1. The third-order valence-electron chi connectivity index (χ3n) is 2.93. The van der Waals surface area contributed by atoms with Crippen LogP contribution in [0.3, 0.4) is 0 Å². The third-order valence-corrected chi connectivity index (χ3v) is 2.93. The highest BCUT2D eigenvalue weighted by atomic mass is 19.1. The summed E-state index contributed by atoms with van der Waals surface area (Å²) in [5.41, 5.74) is 2.17. The minimum atomic E-state index is -0.289. The molecule has 0 aliphatic heterocycles. The molecule has 0 unspecified atom stereocenters. The normalized spacial score (nSPS) is 10.3. The van der Waals surface area contributed by atoms with Crippen LogP contribution < -0.4 is 5.32 Å². The van der Waals surface area contributed by atoms with Crippen LogP contribution in [0.15, 0.2) is 48.5 Å². The Morgan fingerprint density at radius 3 is 2.53 bits per heavy atom. The monoisotopic (exact) mass is 251 g/mol. The third kappa shape index (κ3) is 2.02. The molecule has 0 amide bonds. The standard InChI is InChI=1S/C15H10FN3/c16-10-5-7-11(8-6-10)18-15-13(9-17)12-3-1-2-4-14(12)19-15/h1-8,18-19H. The van der Waals surface area contributed by atoms with Gasteiger partial charge >= 0.3 is 0 Å². The highest BCUT2D eigenvalue weighted by Crippen LogP contribution is 2.27. The molecule has 0 aliphatic carbocycles. The number of hydrogen-bond donors (Lipinski definition) is 2. The van der Waals surface area contributed by atoms with E-state index in [0.717, 1.165) is 16.6 Å². The Morgan fingerprint density at radius 1 is 1.05 bits per heavy atom. The molecule has 0 spiro atoms. The summed E-state index contributed by atoms with van der Waals surface area (Å²) < 4.78 is 12.9. The van der Waals surface area contributed by atoms with Gasteiger partial charge in [0, 0.05) is 16.6 Å². The van der Waals surface area contributed by atoms with Gasteiger partial charge in [-0.25, -0.2) is 4.39 Å². The average molecular weight is 251 g/mol. The van der Waals surface area contributed by atoms with Crippen molar-refractivity contribution in [2.45, 2.75) is 0 Å². The number of anilines is 2. The van der Waals surface area contributed by atoms with Gasteiger partial charge in [-0.3, -0.25) is 0 Å². The number of nitrogens with one attached hydrogen (secondary N) is 2. The molecular weight excluding hydrogens is 241 g/mol. The molecule has 0 saturated carbocycles. The largest absolute Gasteiger partial charge is 0.341 e. The summed E-state index contributed by atoms with van der Waals surface area (Å²) >= 11 is 0. The van der Waals surface area contributed by atoms with Crippen molar-refractivity contribution in [2.75, 3.05) is 5.32 Å². The number of benzene rings is 2. The summed E-state index contributed by atoms with van der Waals surface area (Å²) in [6.07, 6.45) is 0. The maximum absolute atomic E-state index is 12.9. The Kier molecular flexibility index (Phi) is 2.66. The zero-order valence-corrected chi connectivity index (χ0v) is 9.94. The van der Waals surface area contributed by atoms with E-state index >= 15 is 0 Å². The highest BCUT2D eigenvalue weighted by Gasteiger charge is 2.10. The lowest BCUT2D eigenvalue weighted by Gasteiger charge is -2.04. The molecule has 3 rings (SSSR count). The summed E-state index contributed by atoms with van der Waals surface area (Å²) in [4.78, 5) is 3.15. The van der Waals surface area contributed by atoms with Crippen LogP contribution in [-0.4, -0.2) is 4.98 Å². The van der Waals surface area contributed by atoms with Gasteiger partial charge in [0.05, 0.1) is 0 Å². The number of nitriles is 1. The lowest BCUT2D eigenvalue weighted by atomic mass is 10.2. The number of nitrogens with zero attached hydrogens (tertiary/aromatic N) is 1. The van der Waals surface area contributed by atoms with Crippen LogP contribution in [0.1, 0.15) is 5.56 Å². The minimum Gasteiger partial charge on any atom is -0.341 e. The van der Waals surface area contributed by atoms with Crippen LogP contribution in [0.4, 0.5) is 15.9 Å². The van der Waals surface area contributed by atoms with Gasteiger partial charge in [0.15, 0.2) is 0 Å². The van der Waals surface area contributed by atoms with Gasteiger partial charge in [0.1, 0.15) is 23.3 Å². The van der Waals surface area contributed by atoms with Crippen molar-refractivity contribution in [3.63, 3.8) is 0 Å². The molecule has 0 saturated heterocycles. The number of hydrogen-bond acceptors (Lipinski definition) is 2. The van der Waals surface area contributed by atoms with Crippen molar-refractivity contribution in [2.24, 2.45) is 0 Å². The quantitative estimate of drug-likeness (QED) is 0.725. The molecule has 0 radical (unpaired) electrons. The molecular formula is C15H10FN3. The van der Waals surface area contributed by atoms with Crippen LogP contribution >= 0.6 is 0 Å². The zero-order chi connectivity index (χ0) is 13.2. The summed E-state index contributed by atoms with van der Waals surface area (Å²) in [7, 11) is 0. The summed E-state index contributed by atoms with van der Waals surface area (Å²) in [6.45, 7) is 0. The second kappa shape index (κ2) is 4.46. The first-order chi connectivity index (χ1) is 9.28. The van der Waals surface area contributed by atoms with E-state index in [2.05, 4.69) is 16.4 Å². The summed E-state index contributed by atoms with van der Waals surface area (Å²) in [5.74, 6) is 0.331. The SMILES string of the molecule is N#Cc1c(Nc2ccc(F)cc2)[nH]c2ccccc12. The van der Waals surface area contributed by atoms with E-state index in [4.69, 9.17) is 0 Å². The molecule has 2 N–H and O–H groups in total. The zero-order valence-electron chi connectivity index (χ0n) is 9.94. The predicted molar refractivity (Wildman–Crippen MR) is 72.7 cm³/mol. The topological polar surface area (TPSA) is 51.6 Å². The van der Waals surface area contributed by atoms with Crippen LogP contribution in [0.25, 0.3) is 10.9 Å². The van der Waals surface area contributed by atoms with Crippen molar-refractivity contribution < 1.29 is 4.39 Å². The van der Waals surface area contributed by atoms with Gasteiger partial charge in [0.2, 0.25) is 0 Å². The van der Waals surface area contributed by atoms with Crippen LogP contribution in [-0.2, 0) is 0 Å². The summed E-state index contributed by atoms with van der Waals surface area (Å²) in [6, 6.07) is 15.8. The number of halogens is 1. The fourth-order valence-electron chi connectivity index (χ4n) is 2.03. The lowest BCUT2D eigenvalue weighted by Crippen LogP contribution is -1.92. The number of aromatic amines is 1. The van der Waals surface area contributed by atoms with E-state index < -0.39 is 0 Å². The maximum atomic E-state index is 12.9. The number of H-pyrrole nitrogens is 1. The van der Waals surface area contributed by atoms with Crippen LogP contribution in [0, 0.1) is 17.1 Å². The Balaban J connectivity index is 2.05. The van der Waals surface area contributed by atoms with Gasteiger partial charge < -0.3 is 10.3 Å². The van der Waals surface area contributed by atoms with E-state index in [-0.39, 0.29) is 5.82 Å². The molecule has 3 aromatic rings. The second-order valence-electron chi connectivity index (χ2n) is 4.16. The molecule has 0 aliphatic rings. The van der Waals surface area contributed by atoms with Gasteiger partial charge in [0.25, 0.3) is 0 Å². The molecule has 4 heteroatoms. The maximum Gasteiger partial charge on any atom is 0.127 e. The Hall–Kier alpha value is -2.80. The fourth-order valence-corrected chi connectivity index (χ4v) is 2.03. The lowest BCUT2D eigenvalue weighted by molar-refractivity contribution is 0.628. The Morgan fingerprint density at radius 2 is 1.79 bits per heavy atom. The van der Waals surface area contributed by atoms with Gasteiger partial charge in [-0.1, -0.05) is 18.2 Å². The fraction of sp³-hybridized carbons (Fsp3) is 0. The van der Waals surface area contributed by atoms with Crippen molar-refractivity contribution in [1.82, 2.24) is 4.98 Å². The van der Waals surface area contributed by atoms with Crippen molar-refractivity contribution >= 4 is 22.4 Å². The molecule has 1 heterocycles. The second-order valence-corrected chi connectivity index (χ2v) is 4.16. The molecule has 0 atom stereocenters. The molecule has 19 heavy (non-hydrogen) atoms. The molecule has 3 nitrogen and oxygen atoms in total. The summed E-state index contributed by atoms with van der Waals surface area (Å²) in [5, 5.41) is 13.2. The van der Waals surface area contributed by atoms with E-state index in [1.54, 1.807) is 12.1 Å². The van der Waals surface area contributed by atoms with Gasteiger partial charge in [-0.2, -0.15) is 5.26 Å². The first-order valence-electron chi connectivity index (χ1n) is 5.81. The molecule has 0 bridgehead atoms. The smallest absolute Gasteiger partial charge is 0.127 e. The van der Waals surface area contributed by atoms with Gasteiger partial charge in [-0.15, -0.1) is 0 Å². The number of para-hydroxylation sites is 1. The highest BCUT2D eigenvalue weighted by molar-refractivity contribution is 5.92. The van der Waals surface area contributed by atoms with Gasteiger partial charge in [-0.05, 0) is 30.3 Å². The molecule has 2 aromatic carbocycles. The number of fused-ring (bicyclic) bond motifs is 1. The Bertz CT molecular complexity index is 766.